The number of likely N-dealkylation sites (N-methyl/N-ethyl adjacent to an activating group) is 1. The number of hydrogen-bond donors (Lipinski definition) is 0. The van der Waals surface area contributed by atoms with Crippen molar-refractivity contribution in [2.24, 2.45) is 0 Å². The van der Waals surface area contributed by atoms with E-state index >= 15 is 0 Å². The van der Waals surface area contributed by atoms with E-state index in [0.717, 1.165) is 13.1 Å². The second kappa shape index (κ2) is 9.05. The van der Waals surface area contributed by atoms with Crippen molar-refractivity contribution in [3.05, 3.63) is 52.4 Å². The Kier molecular flexibility index (Phi) is 6.49. The van der Waals surface area contributed by atoms with Crippen LogP contribution in [0, 0.1) is 0 Å². The number of benzene rings is 1. The summed E-state index contributed by atoms with van der Waals surface area (Å²) in [6.45, 7) is 10.8. The van der Waals surface area contributed by atoms with E-state index in [1.165, 1.54) is 10.6 Å². The lowest BCUT2D eigenvalue weighted by Gasteiger charge is -2.17. The van der Waals surface area contributed by atoms with Crippen molar-refractivity contribution >= 4 is 22.5 Å². The van der Waals surface area contributed by atoms with Crippen molar-refractivity contribution in [2.75, 3.05) is 26.2 Å². The number of rotatable bonds is 8. The molecule has 0 radical (unpaired) electrons. The molecule has 0 N–H and O–H groups in total. The van der Waals surface area contributed by atoms with Crippen molar-refractivity contribution in [3.8, 4) is 5.75 Å². The Balaban J connectivity index is 1.89. The first-order valence-corrected chi connectivity index (χ1v) is 9.95. The van der Waals surface area contributed by atoms with Gasteiger partial charge in [-0.05, 0) is 57.3 Å². The molecule has 0 saturated carbocycles. The first-order valence-electron chi connectivity index (χ1n) is 9.95. The van der Waals surface area contributed by atoms with E-state index < -0.39 is 5.97 Å². The fourth-order valence-electron chi connectivity index (χ4n) is 3.14. The van der Waals surface area contributed by atoms with Gasteiger partial charge in [0.05, 0.1) is 22.6 Å². The number of aromatic nitrogens is 2. The molecule has 0 atom stereocenters. The largest absolute Gasteiger partial charge is 0.491 e. The Morgan fingerprint density at radius 3 is 2.62 bits per heavy atom. The number of fused-ring (bicyclic) bond motifs is 2. The number of pyridine rings is 1. The maximum absolute atomic E-state index is 13.0. The third-order valence-electron chi connectivity index (χ3n) is 4.72. The topological polar surface area (TPSA) is 73.1 Å². The number of nitrogens with zero attached hydrogens (tertiary/aromatic N) is 3. The van der Waals surface area contributed by atoms with E-state index in [2.05, 4.69) is 23.7 Å². The van der Waals surface area contributed by atoms with Crippen LogP contribution < -0.4 is 10.3 Å². The van der Waals surface area contributed by atoms with E-state index in [9.17, 15) is 9.59 Å². The van der Waals surface area contributed by atoms with Crippen LogP contribution in [0.2, 0.25) is 0 Å². The van der Waals surface area contributed by atoms with Gasteiger partial charge in [0.2, 0.25) is 0 Å². The van der Waals surface area contributed by atoms with E-state index in [1.807, 2.05) is 13.8 Å². The highest BCUT2D eigenvalue weighted by Crippen LogP contribution is 2.19. The summed E-state index contributed by atoms with van der Waals surface area (Å²) in [5, 5.41) is 0.438. The summed E-state index contributed by atoms with van der Waals surface area (Å²) in [6.07, 6.45) is 1.49. The minimum atomic E-state index is -0.456. The Morgan fingerprint density at radius 1 is 1.17 bits per heavy atom. The van der Waals surface area contributed by atoms with Crippen LogP contribution in [0.15, 0.2) is 41.3 Å². The molecule has 0 saturated heterocycles. The van der Waals surface area contributed by atoms with Gasteiger partial charge in [0.25, 0.3) is 5.56 Å². The molecule has 0 bridgehead atoms. The van der Waals surface area contributed by atoms with Crippen LogP contribution >= 0.6 is 0 Å². The highest BCUT2D eigenvalue weighted by atomic mass is 16.5. The Hall–Kier alpha value is -2.93. The molecule has 0 amide bonds. The Bertz CT molecular complexity index is 1070. The third-order valence-corrected chi connectivity index (χ3v) is 4.72. The monoisotopic (exact) mass is 397 g/mol. The molecular weight excluding hydrogens is 370 g/mol. The molecule has 0 aliphatic heterocycles. The van der Waals surface area contributed by atoms with Gasteiger partial charge in [-0.3, -0.25) is 9.20 Å². The zero-order valence-corrected chi connectivity index (χ0v) is 17.3. The second-order valence-corrected chi connectivity index (χ2v) is 7.07. The lowest BCUT2D eigenvalue weighted by molar-refractivity contribution is 0.0466. The molecule has 154 valence electrons. The molecule has 2 heterocycles. The molecule has 0 fully saturated rings. The molecule has 0 spiro atoms. The summed E-state index contributed by atoms with van der Waals surface area (Å²) >= 11 is 0. The average Bonchev–Trinajstić information content (AvgIpc) is 2.71. The highest BCUT2D eigenvalue weighted by molar-refractivity contribution is 5.90. The molecule has 0 aliphatic carbocycles. The van der Waals surface area contributed by atoms with Crippen LogP contribution in [0.25, 0.3) is 16.6 Å². The minimum Gasteiger partial charge on any atom is -0.491 e. The smallest absolute Gasteiger partial charge is 0.339 e. The van der Waals surface area contributed by atoms with Gasteiger partial charge in [-0.2, -0.15) is 0 Å². The SMILES string of the molecule is CCN(CC)CCOC(=O)c1ccc2nc3ccc(OC(C)C)cc3c(=O)n2c1. The maximum Gasteiger partial charge on any atom is 0.339 e. The molecular formula is C22H27N3O4. The van der Waals surface area contributed by atoms with Gasteiger partial charge in [-0.15, -0.1) is 0 Å². The summed E-state index contributed by atoms with van der Waals surface area (Å²) in [4.78, 5) is 32.1. The molecule has 29 heavy (non-hydrogen) atoms. The van der Waals surface area contributed by atoms with Gasteiger partial charge >= 0.3 is 5.97 Å². The number of ether oxygens (including phenoxy) is 2. The Morgan fingerprint density at radius 2 is 1.93 bits per heavy atom. The molecule has 1 aromatic carbocycles. The van der Waals surface area contributed by atoms with Crippen LogP contribution in [-0.2, 0) is 4.74 Å². The van der Waals surface area contributed by atoms with Gasteiger partial charge in [0.1, 0.15) is 18.0 Å². The van der Waals surface area contributed by atoms with Crippen molar-refractivity contribution < 1.29 is 14.3 Å². The number of carbonyl (C=O) groups is 1. The first kappa shape index (κ1) is 20.8. The lowest BCUT2D eigenvalue weighted by atomic mass is 10.2. The standard InChI is InChI=1S/C22H27N3O4/c1-5-24(6-2)11-12-28-22(27)16-7-10-20-23-19-9-8-17(29-15(3)4)13-18(19)21(26)25(20)14-16/h7-10,13-15H,5-6,11-12H2,1-4H3. The molecule has 3 rings (SSSR count). The number of carbonyl (C=O) groups excluding carboxylic acids is 1. The van der Waals surface area contributed by atoms with Crippen molar-refractivity contribution in [1.82, 2.24) is 14.3 Å². The molecule has 2 aromatic heterocycles. The van der Waals surface area contributed by atoms with E-state index in [0.29, 0.717) is 41.0 Å². The molecule has 0 aliphatic rings. The summed E-state index contributed by atoms with van der Waals surface area (Å²) in [6, 6.07) is 8.53. The normalized spacial score (nSPS) is 11.5. The highest BCUT2D eigenvalue weighted by Gasteiger charge is 2.12. The predicted octanol–water partition coefficient (Wildman–Crippen LogP) is 3.13. The fraction of sp³-hybridized carbons (Fsp3) is 0.409. The van der Waals surface area contributed by atoms with Crippen LogP contribution in [0.1, 0.15) is 38.1 Å². The Labute approximate surface area is 169 Å². The maximum atomic E-state index is 13.0. The van der Waals surface area contributed by atoms with Gasteiger partial charge in [-0.25, -0.2) is 9.78 Å². The van der Waals surface area contributed by atoms with Crippen molar-refractivity contribution in [3.63, 3.8) is 0 Å². The van der Waals surface area contributed by atoms with E-state index in [4.69, 9.17) is 9.47 Å². The summed E-state index contributed by atoms with van der Waals surface area (Å²) in [5.41, 5.74) is 1.12. The second-order valence-electron chi connectivity index (χ2n) is 7.07. The van der Waals surface area contributed by atoms with Crippen molar-refractivity contribution in [1.29, 1.82) is 0 Å². The quantitative estimate of drug-likeness (QED) is 0.430. The average molecular weight is 397 g/mol. The first-order chi connectivity index (χ1) is 13.9. The lowest BCUT2D eigenvalue weighted by Crippen LogP contribution is -2.28. The zero-order valence-electron chi connectivity index (χ0n) is 17.3. The summed E-state index contributed by atoms with van der Waals surface area (Å²) < 4.78 is 12.4. The van der Waals surface area contributed by atoms with Crippen LogP contribution in [0.4, 0.5) is 0 Å². The fourth-order valence-corrected chi connectivity index (χ4v) is 3.14. The molecule has 7 nitrogen and oxygen atoms in total. The van der Waals surface area contributed by atoms with Crippen LogP contribution in [-0.4, -0.2) is 52.6 Å². The molecule has 3 aromatic rings. The summed E-state index contributed by atoms with van der Waals surface area (Å²) in [5.74, 6) is 0.154. The van der Waals surface area contributed by atoms with E-state index in [-0.39, 0.29) is 11.7 Å². The van der Waals surface area contributed by atoms with Gasteiger partial charge < -0.3 is 14.4 Å². The van der Waals surface area contributed by atoms with E-state index in [1.54, 1.807) is 30.3 Å². The third kappa shape index (κ3) is 4.74. The number of hydrogen-bond acceptors (Lipinski definition) is 6. The van der Waals surface area contributed by atoms with Crippen molar-refractivity contribution in [2.45, 2.75) is 33.8 Å². The molecule has 0 unspecified atom stereocenters. The minimum absolute atomic E-state index is 0.00124. The zero-order chi connectivity index (χ0) is 21.0. The predicted molar refractivity (Wildman–Crippen MR) is 113 cm³/mol. The van der Waals surface area contributed by atoms with Gasteiger partial charge in [0, 0.05) is 12.7 Å². The van der Waals surface area contributed by atoms with Crippen LogP contribution in [0.3, 0.4) is 0 Å². The summed E-state index contributed by atoms with van der Waals surface area (Å²) in [7, 11) is 0. The van der Waals surface area contributed by atoms with Crippen LogP contribution in [0.5, 0.6) is 5.75 Å². The van der Waals surface area contributed by atoms with Gasteiger partial charge in [-0.1, -0.05) is 13.8 Å². The van der Waals surface area contributed by atoms with Gasteiger partial charge in [0.15, 0.2) is 0 Å². The molecule has 7 heteroatoms. The number of esters is 1.